The molecule has 1 N–H and O–H groups in total. The van der Waals surface area contributed by atoms with Gasteiger partial charge < -0.3 is 5.11 Å². The van der Waals surface area contributed by atoms with Crippen molar-refractivity contribution in [1.82, 2.24) is 0 Å². The zero-order valence-corrected chi connectivity index (χ0v) is 9.49. The molecule has 1 heteroatoms. The average molecular weight is 210 g/mol. The molecule has 1 nitrogen and oxygen atoms in total. The second-order valence-electron chi connectivity index (χ2n) is 4.55. The highest BCUT2D eigenvalue weighted by atomic mass is 16.3. The number of hydrogen-bond acceptors (Lipinski definition) is 1. The van der Waals surface area contributed by atoms with Crippen LogP contribution >= 0.6 is 0 Å². The number of aromatic hydroxyl groups is 1. The molecule has 2 aromatic carbocycles. The van der Waals surface area contributed by atoms with Crippen molar-refractivity contribution in [2.45, 2.75) is 19.8 Å². The van der Waals surface area contributed by atoms with Gasteiger partial charge in [-0.1, -0.05) is 42.8 Å². The van der Waals surface area contributed by atoms with Gasteiger partial charge in [0.05, 0.1) is 0 Å². The Hall–Kier alpha value is -1.76. The summed E-state index contributed by atoms with van der Waals surface area (Å²) in [5.41, 5.74) is 3.61. The van der Waals surface area contributed by atoms with Gasteiger partial charge in [-0.25, -0.2) is 0 Å². The first kappa shape index (κ1) is 9.46. The predicted octanol–water partition coefficient (Wildman–Crippen LogP) is 4.07. The van der Waals surface area contributed by atoms with E-state index < -0.39 is 0 Å². The monoisotopic (exact) mass is 210 g/mol. The Labute approximate surface area is 95.0 Å². The molecule has 1 aliphatic carbocycles. The molecule has 2 aromatic rings. The first-order valence-electron chi connectivity index (χ1n) is 5.61. The molecule has 0 bridgehead atoms. The minimum atomic E-state index is 0.381. The molecule has 16 heavy (non-hydrogen) atoms. The largest absolute Gasteiger partial charge is 0.507 e. The fourth-order valence-corrected chi connectivity index (χ4v) is 2.53. The molecule has 3 rings (SSSR count). The molecular formula is C15H14O. The SMILES string of the molecule is CC1=Cc2c(O)ccc3cccc(c23)C1C. The van der Waals surface area contributed by atoms with Gasteiger partial charge in [-0.2, -0.15) is 0 Å². The maximum absolute atomic E-state index is 9.93. The summed E-state index contributed by atoms with van der Waals surface area (Å²) in [7, 11) is 0. The van der Waals surface area contributed by atoms with E-state index in [1.165, 1.54) is 21.9 Å². The summed E-state index contributed by atoms with van der Waals surface area (Å²) < 4.78 is 0. The molecule has 1 aliphatic rings. The number of phenols is 1. The minimum Gasteiger partial charge on any atom is -0.507 e. The third-order valence-electron chi connectivity index (χ3n) is 3.62. The van der Waals surface area contributed by atoms with Gasteiger partial charge in [-0.3, -0.25) is 0 Å². The number of allylic oxidation sites excluding steroid dienone is 1. The molecule has 0 aromatic heterocycles. The Morgan fingerprint density at radius 1 is 1.12 bits per heavy atom. The Morgan fingerprint density at radius 3 is 2.75 bits per heavy atom. The van der Waals surface area contributed by atoms with Crippen molar-refractivity contribution in [3.05, 3.63) is 47.0 Å². The van der Waals surface area contributed by atoms with E-state index in [1.54, 1.807) is 6.07 Å². The lowest BCUT2D eigenvalue weighted by atomic mass is 9.82. The standard InChI is InChI=1S/C15H14O/c1-9-8-13-14(16)7-6-11-4-3-5-12(10(9)2)15(11)13/h3-8,10,16H,1-2H3. The van der Waals surface area contributed by atoms with Crippen molar-refractivity contribution in [3.63, 3.8) is 0 Å². The van der Waals surface area contributed by atoms with Crippen molar-refractivity contribution in [1.29, 1.82) is 0 Å². The topological polar surface area (TPSA) is 20.2 Å². The molecule has 0 aliphatic heterocycles. The van der Waals surface area contributed by atoms with E-state index >= 15 is 0 Å². The summed E-state index contributed by atoms with van der Waals surface area (Å²) in [6.45, 7) is 4.34. The minimum absolute atomic E-state index is 0.381. The maximum Gasteiger partial charge on any atom is 0.123 e. The van der Waals surface area contributed by atoms with E-state index in [0.29, 0.717) is 11.7 Å². The second kappa shape index (κ2) is 3.11. The lowest BCUT2D eigenvalue weighted by molar-refractivity contribution is 0.474. The van der Waals surface area contributed by atoms with Gasteiger partial charge in [0.15, 0.2) is 0 Å². The normalized spacial score (nSPS) is 18.6. The van der Waals surface area contributed by atoms with Crippen molar-refractivity contribution < 1.29 is 5.11 Å². The number of benzene rings is 2. The van der Waals surface area contributed by atoms with Crippen LogP contribution in [0.25, 0.3) is 16.8 Å². The van der Waals surface area contributed by atoms with Gasteiger partial charge in [-0.05, 0) is 29.3 Å². The smallest absolute Gasteiger partial charge is 0.123 e. The highest BCUT2D eigenvalue weighted by molar-refractivity contribution is 5.98. The molecule has 0 heterocycles. The van der Waals surface area contributed by atoms with Gasteiger partial charge in [0, 0.05) is 11.5 Å². The van der Waals surface area contributed by atoms with E-state index in [0.717, 1.165) is 5.56 Å². The number of phenolic OH excluding ortho intramolecular Hbond substituents is 1. The summed E-state index contributed by atoms with van der Waals surface area (Å²) >= 11 is 0. The van der Waals surface area contributed by atoms with Crippen molar-refractivity contribution in [2.24, 2.45) is 0 Å². The van der Waals surface area contributed by atoms with Gasteiger partial charge in [0.1, 0.15) is 5.75 Å². The van der Waals surface area contributed by atoms with E-state index in [-0.39, 0.29) is 0 Å². The predicted molar refractivity (Wildman–Crippen MR) is 67.7 cm³/mol. The average Bonchev–Trinajstić information content (AvgIpc) is 2.29. The lowest BCUT2D eigenvalue weighted by Crippen LogP contribution is -2.02. The van der Waals surface area contributed by atoms with Crippen LogP contribution in [0.1, 0.15) is 30.9 Å². The molecule has 0 amide bonds. The summed E-state index contributed by atoms with van der Waals surface area (Å²) in [6.07, 6.45) is 2.11. The van der Waals surface area contributed by atoms with Crippen LogP contribution in [0.15, 0.2) is 35.9 Å². The maximum atomic E-state index is 9.93. The quantitative estimate of drug-likeness (QED) is 0.695. The zero-order valence-electron chi connectivity index (χ0n) is 9.49. The van der Waals surface area contributed by atoms with Gasteiger partial charge >= 0.3 is 0 Å². The first-order valence-corrected chi connectivity index (χ1v) is 5.61. The highest BCUT2D eigenvalue weighted by Gasteiger charge is 2.19. The second-order valence-corrected chi connectivity index (χ2v) is 4.55. The molecule has 0 fully saturated rings. The fourth-order valence-electron chi connectivity index (χ4n) is 2.53. The summed E-state index contributed by atoms with van der Waals surface area (Å²) in [5.74, 6) is 0.823. The Balaban J connectivity index is 2.52. The van der Waals surface area contributed by atoms with Crippen LogP contribution < -0.4 is 0 Å². The van der Waals surface area contributed by atoms with E-state index in [4.69, 9.17) is 0 Å². The molecule has 1 unspecified atom stereocenters. The summed E-state index contributed by atoms with van der Waals surface area (Å²) in [4.78, 5) is 0. The van der Waals surface area contributed by atoms with Gasteiger partial charge in [0.2, 0.25) is 0 Å². The van der Waals surface area contributed by atoms with Crippen LogP contribution in [0.4, 0.5) is 0 Å². The van der Waals surface area contributed by atoms with E-state index in [9.17, 15) is 5.11 Å². The fraction of sp³-hybridized carbons (Fsp3) is 0.200. The molecule has 0 radical (unpaired) electrons. The summed E-state index contributed by atoms with van der Waals surface area (Å²) in [5, 5.41) is 12.3. The molecule has 80 valence electrons. The van der Waals surface area contributed by atoms with Crippen LogP contribution in [-0.2, 0) is 0 Å². The van der Waals surface area contributed by atoms with E-state index in [2.05, 4.69) is 38.1 Å². The van der Waals surface area contributed by atoms with Crippen LogP contribution in [-0.4, -0.2) is 5.11 Å². The van der Waals surface area contributed by atoms with Crippen molar-refractivity contribution in [3.8, 4) is 5.75 Å². The zero-order chi connectivity index (χ0) is 11.3. The summed E-state index contributed by atoms with van der Waals surface area (Å²) in [6, 6.07) is 10.1. The van der Waals surface area contributed by atoms with Crippen molar-refractivity contribution in [2.75, 3.05) is 0 Å². The van der Waals surface area contributed by atoms with Crippen LogP contribution in [0, 0.1) is 0 Å². The van der Waals surface area contributed by atoms with Gasteiger partial charge in [-0.15, -0.1) is 0 Å². The molecule has 0 saturated carbocycles. The Bertz CT molecular complexity index is 608. The van der Waals surface area contributed by atoms with Gasteiger partial charge in [0.25, 0.3) is 0 Å². The molecule has 1 atom stereocenters. The first-order chi connectivity index (χ1) is 7.68. The van der Waals surface area contributed by atoms with E-state index in [1.807, 2.05) is 6.07 Å². The number of hydrogen-bond donors (Lipinski definition) is 1. The highest BCUT2D eigenvalue weighted by Crippen LogP contribution is 2.41. The third kappa shape index (κ3) is 1.12. The van der Waals surface area contributed by atoms with Crippen molar-refractivity contribution >= 4 is 16.8 Å². The molecule has 0 saturated heterocycles. The van der Waals surface area contributed by atoms with Crippen LogP contribution in [0.3, 0.4) is 0 Å². The lowest BCUT2D eigenvalue weighted by Gasteiger charge is -2.22. The molecular weight excluding hydrogens is 196 g/mol. The van der Waals surface area contributed by atoms with Crippen LogP contribution in [0.2, 0.25) is 0 Å². The third-order valence-corrected chi connectivity index (χ3v) is 3.62. The number of rotatable bonds is 0. The molecule has 0 spiro atoms. The van der Waals surface area contributed by atoms with Crippen LogP contribution in [0.5, 0.6) is 5.75 Å². The Morgan fingerprint density at radius 2 is 1.94 bits per heavy atom. The Kier molecular flexibility index (Phi) is 1.84.